The Hall–Kier alpha value is -3.13. The predicted octanol–water partition coefficient (Wildman–Crippen LogP) is 5.27. The number of rotatable bonds is 2. The van der Waals surface area contributed by atoms with E-state index in [-0.39, 0.29) is 5.75 Å². The Morgan fingerprint density at radius 3 is 1.96 bits per heavy atom. The highest BCUT2D eigenvalue weighted by Crippen LogP contribution is 2.27. The van der Waals surface area contributed by atoms with Gasteiger partial charge in [-0.25, -0.2) is 0 Å². The van der Waals surface area contributed by atoms with Crippen molar-refractivity contribution in [2.75, 3.05) is 0 Å². The van der Waals surface area contributed by atoms with Crippen molar-refractivity contribution < 1.29 is 5.11 Å². The van der Waals surface area contributed by atoms with E-state index in [2.05, 4.69) is 53.5 Å². The molecule has 2 heteroatoms. The van der Waals surface area contributed by atoms with Gasteiger partial charge in [0.2, 0.25) is 0 Å². The Bertz CT molecular complexity index is 960. The normalized spacial score (nSPS) is 10.8. The average Bonchev–Trinajstić information content (AvgIpc) is 2.62. The largest absolute Gasteiger partial charge is 0.506 e. The number of aromatic hydroxyl groups is 1. The van der Waals surface area contributed by atoms with Gasteiger partial charge in [0.1, 0.15) is 5.75 Å². The van der Waals surface area contributed by atoms with Crippen LogP contribution >= 0.6 is 0 Å². The molecule has 0 saturated carbocycles. The SMILES string of the molecule is Oc1cnc2ccc(-c3ccc(-c4ccccc4)cc3)cc2c1. The molecule has 2 nitrogen and oxygen atoms in total. The summed E-state index contributed by atoms with van der Waals surface area (Å²) in [5, 5.41) is 10.5. The number of nitrogens with zero attached hydrogens (tertiary/aromatic N) is 1. The van der Waals surface area contributed by atoms with Crippen molar-refractivity contribution in [3.8, 4) is 28.0 Å². The molecular weight excluding hydrogens is 282 g/mol. The highest BCUT2D eigenvalue weighted by molar-refractivity contribution is 5.85. The van der Waals surface area contributed by atoms with Gasteiger partial charge >= 0.3 is 0 Å². The molecular formula is C21H15NO. The quantitative estimate of drug-likeness (QED) is 0.546. The number of aromatic nitrogens is 1. The number of benzene rings is 3. The van der Waals surface area contributed by atoms with Crippen molar-refractivity contribution in [3.63, 3.8) is 0 Å². The topological polar surface area (TPSA) is 33.1 Å². The van der Waals surface area contributed by atoms with Crippen molar-refractivity contribution in [3.05, 3.63) is 85.1 Å². The Morgan fingerprint density at radius 2 is 1.22 bits per heavy atom. The van der Waals surface area contributed by atoms with Gasteiger partial charge in [-0.1, -0.05) is 60.7 Å². The lowest BCUT2D eigenvalue weighted by atomic mass is 9.99. The smallest absolute Gasteiger partial charge is 0.134 e. The minimum atomic E-state index is 0.189. The van der Waals surface area contributed by atoms with Crippen molar-refractivity contribution >= 4 is 10.9 Å². The van der Waals surface area contributed by atoms with Crippen LogP contribution in [0.5, 0.6) is 5.75 Å². The van der Waals surface area contributed by atoms with Crippen LogP contribution in [0.15, 0.2) is 85.1 Å². The molecule has 4 aromatic rings. The van der Waals surface area contributed by atoms with Crippen molar-refractivity contribution in [1.82, 2.24) is 4.98 Å². The molecule has 110 valence electrons. The van der Waals surface area contributed by atoms with E-state index in [1.54, 1.807) is 6.07 Å². The zero-order valence-corrected chi connectivity index (χ0v) is 12.5. The van der Waals surface area contributed by atoms with Gasteiger partial charge in [0.15, 0.2) is 0 Å². The predicted molar refractivity (Wildman–Crippen MR) is 94.3 cm³/mol. The van der Waals surface area contributed by atoms with Gasteiger partial charge < -0.3 is 5.11 Å². The van der Waals surface area contributed by atoms with Crippen molar-refractivity contribution in [2.45, 2.75) is 0 Å². The van der Waals surface area contributed by atoms with E-state index in [1.807, 2.05) is 24.3 Å². The molecule has 0 saturated heterocycles. The molecule has 0 aliphatic carbocycles. The molecule has 0 aliphatic heterocycles. The van der Waals surface area contributed by atoms with Gasteiger partial charge in [-0.2, -0.15) is 0 Å². The fourth-order valence-electron chi connectivity index (χ4n) is 2.79. The van der Waals surface area contributed by atoms with Gasteiger partial charge in [-0.15, -0.1) is 0 Å². The molecule has 4 rings (SSSR count). The molecule has 1 aromatic heterocycles. The molecule has 1 heterocycles. The minimum absolute atomic E-state index is 0.189. The van der Waals surface area contributed by atoms with Gasteiger partial charge in [0.05, 0.1) is 11.7 Å². The zero-order valence-electron chi connectivity index (χ0n) is 12.5. The van der Waals surface area contributed by atoms with Crippen LogP contribution in [0, 0.1) is 0 Å². The molecule has 0 bridgehead atoms. The maximum Gasteiger partial charge on any atom is 0.134 e. The summed E-state index contributed by atoms with van der Waals surface area (Å²) in [6.45, 7) is 0. The molecule has 0 unspecified atom stereocenters. The minimum Gasteiger partial charge on any atom is -0.506 e. The van der Waals surface area contributed by atoms with E-state index >= 15 is 0 Å². The Morgan fingerprint density at radius 1 is 0.609 bits per heavy atom. The molecule has 3 aromatic carbocycles. The lowest BCUT2D eigenvalue weighted by molar-refractivity contribution is 0.474. The summed E-state index contributed by atoms with van der Waals surface area (Å²) in [6, 6.07) is 26.7. The third kappa shape index (κ3) is 2.67. The van der Waals surface area contributed by atoms with Gasteiger partial charge in [-0.05, 0) is 40.5 Å². The monoisotopic (exact) mass is 297 g/mol. The first-order chi connectivity index (χ1) is 11.3. The fraction of sp³-hybridized carbons (Fsp3) is 0. The number of pyridine rings is 1. The van der Waals surface area contributed by atoms with Gasteiger partial charge in [-0.3, -0.25) is 4.98 Å². The van der Waals surface area contributed by atoms with Crippen LogP contribution in [-0.4, -0.2) is 10.1 Å². The lowest BCUT2D eigenvalue weighted by Crippen LogP contribution is -1.83. The van der Waals surface area contributed by atoms with Gasteiger partial charge in [0.25, 0.3) is 0 Å². The summed E-state index contributed by atoms with van der Waals surface area (Å²) in [5.41, 5.74) is 5.56. The molecule has 1 N–H and O–H groups in total. The number of hydrogen-bond acceptors (Lipinski definition) is 2. The maximum atomic E-state index is 9.59. The molecule has 0 atom stereocenters. The van der Waals surface area contributed by atoms with E-state index in [4.69, 9.17) is 0 Å². The second-order valence-corrected chi connectivity index (χ2v) is 5.54. The van der Waals surface area contributed by atoms with E-state index in [0.29, 0.717) is 0 Å². The number of hydrogen-bond donors (Lipinski definition) is 1. The summed E-state index contributed by atoms with van der Waals surface area (Å²) in [4.78, 5) is 4.22. The molecule has 0 spiro atoms. The Balaban J connectivity index is 1.73. The first kappa shape index (κ1) is 13.5. The summed E-state index contributed by atoms with van der Waals surface area (Å²) in [6.07, 6.45) is 1.47. The third-order valence-electron chi connectivity index (χ3n) is 3.99. The van der Waals surface area contributed by atoms with Crippen molar-refractivity contribution in [1.29, 1.82) is 0 Å². The van der Waals surface area contributed by atoms with Crippen LogP contribution in [0.1, 0.15) is 0 Å². The molecule has 0 radical (unpaired) electrons. The maximum absolute atomic E-state index is 9.59. The van der Waals surface area contributed by atoms with E-state index in [0.717, 1.165) is 22.0 Å². The second-order valence-electron chi connectivity index (χ2n) is 5.54. The van der Waals surface area contributed by atoms with Crippen LogP contribution in [0.25, 0.3) is 33.2 Å². The van der Waals surface area contributed by atoms with Crippen LogP contribution < -0.4 is 0 Å². The average molecular weight is 297 g/mol. The fourth-order valence-corrected chi connectivity index (χ4v) is 2.79. The van der Waals surface area contributed by atoms with E-state index < -0.39 is 0 Å². The lowest BCUT2D eigenvalue weighted by Gasteiger charge is -2.06. The standard InChI is InChI=1S/C21H15NO/c23-20-13-19-12-18(10-11-21(19)22-14-20)17-8-6-16(7-9-17)15-4-2-1-3-5-15/h1-14,23H. The summed E-state index contributed by atoms with van der Waals surface area (Å²) in [7, 11) is 0. The molecule has 23 heavy (non-hydrogen) atoms. The van der Waals surface area contributed by atoms with E-state index in [9.17, 15) is 5.11 Å². The zero-order chi connectivity index (χ0) is 15.6. The van der Waals surface area contributed by atoms with Crippen LogP contribution in [0.4, 0.5) is 0 Å². The first-order valence-electron chi connectivity index (χ1n) is 7.54. The van der Waals surface area contributed by atoms with Crippen LogP contribution in [-0.2, 0) is 0 Å². The van der Waals surface area contributed by atoms with Crippen LogP contribution in [0.3, 0.4) is 0 Å². The Kier molecular flexibility index (Phi) is 3.28. The van der Waals surface area contributed by atoms with Crippen LogP contribution in [0.2, 0.25) is 0 Å². The Labute approximate surface area is 134 Å². The van der Waals surface area contributed by atoms with Gasteiger partial charge in [0, 0.05) is 5.39 Å². The molecule has 0 amide bonds. The van der Waals surface area contributed by atoms with Crippen molar-refractivity contribution in [2.24, 2.45) is 0 Å². The third-order valence-corrected chi connectivity index (χ3v) is 3.99. The highest BCUT2D eigenvalue weighted by Gasteiger charge is 2.03. The van der Waals surface area contributed by atoms with E-state index in [1.165, 1.54) is 17.3 Å². The molecule has 0 aliphatic rings. The summed E-state index contributed by atoms with van der Waals surface area (Å²) < 4.78 is 0. The second kappa shape index (κ2) is 5.58. The first-order valence-corrected chi connectivity index (χ1v) is 7.54. The highest BCUT2D eigenvalue weighted by atomic mass is 16.3. The number of fused-ring (bicyclic) bond motifs is 1. The summed E-state index contributed by atoms with van der Waals surface area (Å²) in [5.74, 6) is 0.189. The summed E-state index contributed by atoms with van der Waals surface area (Å²) >= 11 is 0. The molecule has 0 fully saturated rings.